The molecule has 0 bridgehead atoms. The highest BCUT2D eigenvalue weighted by molar-refractivity contribution is 7.22. The molecule has 4 aromatic rings. The van der Waals surface area contributed by atoms with Crippen LogP contribution in [0, 0.1) is 17.0 Å². The van der Waals surface area contributed by atoms with Crippen LogP contribution in [0.1, 0.15) is 21.5 Å². The standard InChI is InChI=1S/C21H15ClN4O3S/c1-13-15(6-2-8-17(13)26(28)29)20(27)25(12-14-5-4-10-23-11-14)21-24-19-16(22)7-3-9-18(19)30-21/h2-11H,12H2,1H3. The number of aromatic nitrogens is 2. The molecule has 1 amide bonds. The average Bonchev–Trinajstić information content (AvgIpc) is 3.18. The molecular formula is C21H15ClN4O3S. The molecular weight excluding hydrogens is 424 g/mol. The van der Waals surface area contributed by atoms with Crippen LogP contribution in [0.2, 0.25) is 5.02 Å². The fourth-order valence-corrected chi connectivity index (χ4v) is 4.38. The number of halogens is 1. The number of thiazole rings is 1. The summed E-state index contributed by atoms with van der Waals surface area (Å²) in [5.74, 6) is -0.379. The number of hydrogen-bond acceptors (Lipinski definition) is 6. The highest BCUT2D eigenvalue weighted by atomic mass is 35.5. The first-order valence-electron chi connectivity index (χ1n) is 8.95. The van der Waals surface area contributed by atoms with Crippen LogP contribution in [0.4, 0.5) is 10.8 Å². The van der Waals surface area contributed by atoms with Gasteiger partial charge in [-0.3, -0.25) is 24.8 Å². The van der Waals surface area contributed by atoms with Gasteiger partial charge in [-0.2, -0.15) is 0 Å². The van der Waals surface area contributed by atoms with E-state index in [4.69, 9.17) is 11.6 Å². The maximum absolute atomic E-state index is 13.5. The Hall–Kier alpha value is -3.36. The van der Waals surface area contributed by atoms with Crippen LogP contribution in [0.25, 0.3) is 10.2 Å². The molecule has 0 saturated carbocycles. The van der Waals surface area contributed by atoms with Crippen LogP contribution >= 0.6 is 22.9 Å². The predicted molar refractivity (Wildman–Crippen MR) is 117 cm³/mol. The van der Waals surface area contributed by atoms with Crippen molar-refractivity contribution in [2.45, 2.75) is 13.5 Å². The third kappa shape index (κ3) is 3.74. The molecule has 0 atom stereocenters. The van der Waals surface area contributed by atoms with E-state index < -0.39 is 4.92 Å². The summed E-state index contributed by atoms with van der Waals surface area (Å²) in [6, 6.07) is 13.6. The molecule has 0 fully saturated rings. The van der Waals surface area contributed by atoms with Crippen molar-refractivity contribution in [3.8, 4) is 0 Å². The number of rotatable bonds is 5. The lowest BCUT2D eigenvalue weighted by Gasteiger charge is -2.21. The number of hydrogen-bond donors (Lipinski definition) is 0. The summed E-state index contributed by atoms with van der Waals surface area (Å²) in [5, 5.41) is 12.3. The second-order valence-corrected chi connectivity index (χ2v) is 7.96. The van der Waals surface area contributed by atoms with Crippen LogP contribution in [0.15, 0.2) is 60.9 Å². The molecule has 4 rings (SSSR count). The third-order valence-corrected chi connectivity index (χ3v) is 5.98. The van der Waals surface area contributed by atoms with Crippen molar-refractivity contribution < 1.29 is 9.72 Å². The summed E-state index contributed by atoms with van der Waals surface area (Å²) in [4.78, 5) is 34.6. The van der Waals surface area contributed by atoms with E-state index in [-0.39, 0.29) is 23.7 Å². The predicted octanol–water partition coefficient (Wildman–Crippen LogP) is 5.41. The number of nitrogens with zero attached hydrogens (tertiary/aromatic N) is 4. The topological polar surface area (TPSA) is 89.2 Å². The molecule has 150 valence electrons. The Balaban J connectivity index is 1.83. The van der Waals surface area contributed by atoms with Crippen molar-refractivity contribution in [2.24, 2.45) is 0 Å². The van der Waals surface area contributed by atoms with E-state index in [9.17, 15) is 14.9 Å². The second kappa shape index (κ2) is 8.17. The number of fused-ring (bicyclic) bond motifs is 1. The minimum absolute atomic E-state index is 0.102. The van der Waals surface area contributed by atoms with Gasteiger partial charge in [-0.15, -0.1) is 0 Å². The van der Waals surface area contributed by atoms with E-state index >= 15 is 0 Å². The number of carbonyl (C=O) groups is 1. The molecule has 2 heterocycles. The van der Waals surface area contributed by atoms with Gasteiger partial charge in [0, 0.05) is 29.6 Å². The zero-order valence-corrected chi connectivity index (χ0v) is 17.4. The lowest BCUT2D eigenvalue weighted by atomic mass is 10.1. The van der Waals surface area contributed by atoms with Gasteiger partial charge in [0.15, 0.2) is 5.13 Å². The van der Waals surface area contributed by atoms with Crippen LogP contribution in [-0.2, 0) is 6.54 Å². The molecule has 0 unspecified atom stereocenters. The Kier molecular flexibility index (Phi) is 5.43. The van der Waals surface area contributed by atoms with Crippen molar-refractivity contribution in [3.63, 3.8) is 0 Å². The van der Waals surface area contributed by atoms with E-state index in [1.54, 1.807) is 37.5 Å². The van der Waals surface area contributed by atoms with Crippen molar-refractivity contribution in [1.29, 1.82) is 0 Å². The van der Waals surface area contributed by atoms with Crippen molar-refractivity contribution >= 4 is 49.9 Å². The molecule has 0 radical (unpaired) electrons. The number of amides is 1. The highest BCUT2D eigenvalue weighted by Crippen LogP contribution is 2.34. The summed E-state index contributed by atoms with van der Waals surface area (Å²) in [7, 11) is 0. The van der Waals surface area contributed by atoms with E-state index in [1.165, 1.54) is 28.4 Å². The van der Waals surface area contributed by atoms with E-state index in [0.29, 0.717) is 21.2 Å². The smallest absolute Gasteiger partial charge is 0.273 e. The van der Waals surface area contributed by atoms with Crippen LogP contribution in [-0.4, -0.2) is 20.8 Å². The Morgan fingerprint density at radius 2 is 2.00 bits per heavy atom. The summed E-state index contributed by atoms with van der Waals surface area (Å²) in [5.41, 5.74) is 1.87. The average molecular weight is 439 g/mol. The van der Waals surface area contributed by atoms with Crippen LogP contribution in [0.5, 0.6) is 0 Å². The van der Waals surface area contributed by atoms with Gasteiger partial charge in [-0.25, -0.2) is 4.98 Å². The Morgan fingerprint density at radius 3 is 2.70 bits per heavy atom. The van der Waals surface area contributed by atoms with Gasteiger partial charge < -0.3 is 0 Å². The first-order chi connectivity index (χ1) is 14.5. The normalized spacial score (nSPS) is 10.9. The van der Waals surface area contributed by atoms with Crippen molar-refractivity contribution in [2.75, 3.05) is 4.90 Å². The first kappa shape index (κ1) is 19.9. The van der Waals surface area contributed by atoms with Gasteiger partial charge in [0.25, 0.3) is 11.6 Å². The minimum Gasteiger partial charge on any atom is -0.279 e. The maximum Gasteiger partial charge on any atom is 0.273 e. The molecule has 0 spiro atoms. The number of benzene rings is 2. The van der Waals surface area contributed by atoms with E-state index in [2.05, 4.69) is 9.97 Å². The van der Waals surface area contributed by atoms with Gasteiger partial charge in [0.05, 0.1) is 21.2 Å². The van der Waals surface area contributed by atoms with Crippen molar-refractivity contribution in [1.82, 2.24) is 9.97 Å². The summed E-state index contributed by atoms with van der Waals surface area (Å²) >= 11 is 7.60. The minimum atomic E-state index is -0.491. The SMILES string of the molecule is Cc1c(C(=O)N(Cc2cccnc2)c2nc3c(Cl)cccc3s2)cccc1[N+](=O)[O-]. The fraction of sp³-hybridized carbons (Fsp3) is 0.0952. The fourth-order valence-electron chi connectivity index (χ4n) is 3.12. The summed E-state index contributed by atoms with van der Waals surface area (Å²) < 4.78 is 0.845. The largest absolute Gasteiger partial charge is 0.279 e. The van der Waals surface area contributed by atoms with Gasteiger partial charge >= 0.3 is 0 Å². The zero-order valence-electron chi connectivity index (χ0n) is 15.8. The number of anilines is 1. The van der Waals surface area contributed by atoms with E-state index in [1.807, 2.05) is 18.2 Å². The highest BCUT2D eigenvalue weighted by Gasteiger charge is 2.26. The monoisotopic (exact) mass is 438 g/mol. The van der Waals surface area contributed by atoms with Gasteiger partial charge in [-0.05, 0) is 36.8 Å². The van der Waals surface area contributed by atoms with Crippen LogP contribution < -0.4 is 4.90 Å². The number of carbonyl (C=O) groups excluding carboxylic acids is 1. The molecule has 2 aromatic heterocycles. The second-order valence-electron chi connectivity index (χ2n) is 6.54. The third-order valence-electron chi connectivity index (χ3n) is 4.63. The quantitative estimate of drug-likeness (QED) is 0.307. The number of pyridine rings is 1. The Bertz CT molecular complexity index is 1260. The van der Waals surface area contributed by atoms with Gasteiger partial charge in [0.2, 0.25) is 0 Å². The van der Waals surface area contributed by atoms with E-state index in [0.717, 1.165) is 10.3 Å². The molecule has 0 aliphatic carbocycles. The van der Waals surface area contributed by atoms with Gasteiger partial charge in [-0.1, -0.05) is 41.1 Å². The lowest BCUT2D eigenvalue weighted by molar-refractivity contribution is -0.385. The number of nitro groups is 1. The van der Waals surface area contributed by atoms with Gasteiger partial charge in [0.1, 0.15) is 5.52 Å². The summed E-state index contributed by atoms with van der Waals surface area (Å²) in [6.45, 7) is 1.79. The molecule has 7 nitrogen and oxygen atoms in total. The summed E-state index contributed by atoms with van der Waals surface area (Å²) in [6.07, 6.45) is 3.32. The molecule has 9 heteroatoms. The number of nitro benzene ring substituents is 1. The molecule has 0 N–H and O–H groups in total. The molecule has 0 aliphatic heterocycles. The van der Waals surface area contributed by atoms with Crippen LogP contribution in [0.3, 0.4) is 0 Å². The molecule has 30 heavy (non-hydrogen) atoms. The number of para-hydroxylation sites is 1. The lowest BCUT2D eigenvalue weighted by Crippen LogP contribution is -2.31. The molecule has 0 aliphatic rings. The first-order valence-corrected chi connectivity index (χ1v) is 10.1. The maximum atomic E-state index is 13.5. The van der Waals surface area contributed by atoms with Crippen molar-refractivity contribution in [3.05, 3.63) is 92.8 Å². The zero-order chi connectivity index (χ0) is 21.3. The molecule has 2 aromatic carbocycles. The Labute approximate surface area is 180 Å². The Morgan fingerprint density at radius 1 is 1.20 bits per heavy atom. The molecule has 0 saturated heterocycles.